The molecule has 2 heteroatoms. The van der Waals surface area contributed by atoms with E-state index in [0.29, 0.717) is 0 Å². The summed E-state index contributed by atoms with van der Waals surface area (Å²) < 4.78 is 0. The van der Waals surface area contributed by atoms with Gasteiger partial charge in [-0.2, -0.15) is 11.8 Å². The molecule has 0 spiro atoms. The van der Waals surface area contributed by atoms with Crippen LogP contribution in [0.15, 0.2) is 0 Å². The highest BCUT2D eigenvalue weighted by atomic mass is 32.2. The first-order chi connectivity index (χ1) is 8.28. The van der Waals surface area contributed by atoms with Crippen LogP contribution < -0.4 is 5.32 Å². The van der Waals surface area contributed by atoms with Crippen LogP contribution >= 0.6 is 11.8 Å². The van der Waals surface area contributed by atoms with Crippen molar-refractivity contribution in [3.05, 3.63) is 0 Å². The lowest BCUT2D eigenvalue weighted by Gasteiger charge is -2.32. The molecule has 2 aliphatic rings. The highest BCUT2D eigenvalue weighted by Crippen LogP contribution is 2.30. The zero-order chi connectivity index (χ0) is 12.1. The van der Waals surface area contributed by atoms with E-state index >= 15 is 0 Å². The summed E-state index contributed by atoms with van der Waals surface area (Å²) in [5.41, 5.74) is 0. The van der Waals surface area contributed by atoms with E-state index in [1.165, 1.54) is 57.9 Å². The topological polar surface area (TPSA) is 12.0 Å². The molecule has 0 aromatic heterocycles. The van der Waals surface area contributed by atoms with Crippen molar-refractivity contribution in [3.8, 4) is 0 Å². The Kier molecular flexibility index (Phi) is 5.68. The van der Waals surface area contributed by atoms with Gasteiger partial charge in [-0.05, 0) is 63.2 Å². The van der Waals surface area contributed by atoms with Gasteiger partial charge >= 0.3 is 0 Å². The average Bonchev–Trinajstić information content (AvgIpc) is 2.37. The molecule has 0 radical (unpaired) electrons. The van der Waals surface area contributed by atoms with Crippen LogP contribution in [-0.4, -0.2) is 24.1 Å². The third kappa shape index (κ3) is 4.48. The van der Waals surface area contributed by atoms with E-state index in [4.69, 9.17) is 0 Å². The lowest BCUT2D eigenvalue weighted by molar-refractivity contribution is 0.256. The summed E-state index contributed by atoms with van der Waals surface area (Å²) in [6, 6.07) is 0.829. The molecular formula is C15H29NS. The fraction of sp³-hybridized carbons (Fsp3) is 1.00. The van der Waals surface area contributed by atoms with Crippen LogP contribution in [0.1, 0.15) is 58.3 Å². The summed E-state index contributed by atoms with van der Waals surface area (Å²) in [5, 5.41) is 4.79. The summed E-state index contributed by atoms with van der Waals surface area (Å²) in [6.45, 7) is 3.72. The molecule has 0 saturated heterocycles. The average molecular weight is 255 g/mol. The molecule has 1 N–H and O–H groups in total. The van der Waals surface area contributed by atoms with Gasteiger partial charge in [0.25, 0.3) is 0 Å². The lowest BCUT2D eigenvalue weighted by atomic mass is 9.82. The standard InChI is InChI=1S/C15H29NS/c1-12-4-3-5-13(10-12)11-16-14-6-8-15(17-2)9-7-14/h12-16H,3-11H2,1-2H3. The second kappa shape index (κ2) is 7.04. The molecule has 1 nitrogen and oxygen atoms in total. The Balaban J connectivity index is 1.62. The van der Waals surface area contributed by atoms with Crippen molar-refractivity contribution in [2.45, 2.75) is 69.6 Å². The number of thioether (sulfide) groups is 1. The molecule has 0 aromatic carbocycles. The fourth-order valence-corrected chi connectivity index (χ4v) is 4.32. The van der Waals surface area contributed by atoms with Crippen LogP contribution in [-0.2, 0) is 0 Å². The predicted molar refractivity (Wildman–Crippen MR) is 78.7 cm³/mol. The summed E-state index contributed by atoms with van der Waals surface area (Å²) in [6.07, 6.45) is 13.8. The minimum Gasteiger partial charge on any atom is -0.314 e. The van der Waals surface area contributed by atoms with E-state index in [0.717, 1.165) is 23.1 Å². The fourth-order valence-electron chi connectivity index (χ4n) is 3.58. The molecule has 2 atom stereocenters. The Morgan fingerprint density at radius 1 is 1.06 bits per heavy atom. The lowest BCUT2D eigenvalue weighted by Crippen LogP contribution is -2.37. The van der Waals surface area contributed by atoms with E-state index < -0.39 is 0 Å². The first-order valence-corrected chi connectivity index (χ1v) is 8.83. The summed E-state index contributed by atoms with van der Waals surface area (Å²) in [4.78, 5) is 0. The van der Waals surface area contributed by atoms with Crippen LogP contribution in [0, 0.1) is 11.8 Å². The number of nitrogens with one attached hydrogen (secondary N) is 1. The van der Waals surface area contributed by atoms with Gasteiger partial charge in [0.2, 0.25) is 0 Å². The van der Waals surface area contributed by atoms with Crippen molar-refractivity contribution < 1.29 is 0 Å². The largest absolute Gasteiger partial charge is 0.314 e. The number of hydrogen-bond acceptors (Lipinski definition) is 2. The van der Waals surface area contributed by atoms with Crippen molar-refractivity contribution in [3.63, 3.8) is 0 Å². The number of hydrogen-bond donors (Lipinski definition) is 1. The number of rotatable bonds is 4. The molecule has 0 aromatic rings. The molecule has 17 heavy (non-hydrogen) atoms. The molecule has 0 heterocycles. The second-order valence-corrected chi connectivity index (χ2v) is 7.39. The van der Waals surface area contributed by atoms with Crippen molar-refractivity contribution in [1.29, 1.82) is 0 Å². The van der Waals surface area contributed by atoms with Crippen LogP contribution in [0.3, 0.4) is 0 Å². The van der Waals surface area contributed by atoms with Gasteiger partial charge in [-0.1, -0.05) is 19.8 Å². The molecular weight excluding hydrogens is 226 g/mol. The molecule has 2 unspecified atom stereocenters. The second-order valence-electron chi connectivity index (χ2n) is 6.26. The van der Waals surface area contributed by atoms with Crippen LogP contribution in [0.2, 0.25) is 0 Å². The molecule has 0 aliphatic heterocycles. The molecule has 2 rings (SSSR count). The van der Waals surface area contributed by atoms with Gasteiger partial charge in [-0.25, -0.2) is 0 Å². The summed E-state index contributed by atoms with van der Waals surface area (Å²) >= 11 is 2.07. The maximum absolute atomic E-state index is 3.85. The first-order valence-electron chi connectivity index (χ1n) is 7.54. The molecule has 100 valence electrons. The molecule has 0 bridgehead atoms. The zero-order valence-electron chi connectivity index (χ0n) is 11.6. The summed E-state index contributed by atoms with van der Waals surface area (Å²) in [7, 11) is 0. The third-order valence-electron chi connectivity index (χ3n) is 4.75. The molecule has 2 saturated carbocycles. The smallest absolute Gasteiger partial charge is 0.00679 e. The minimum absolute atomic E-state index is 0.829. The zero-order valence-corrected chi connectivity index (χ0v) is 12.4. The van der Waals surface area contributed by atoms with E-state index in [2.05, 4.69) is 30.3 Å². The Morgan fingerprint density at radius 2 is 1.82 bits per heavy atom. The van der Waals surface area contributed by atoms with Crippen molar-refractivity contribution in [2.75, 3.05) is 12.8 Å². The summed E-state index contributed by atoms with van der Waals surface area (Å²) in [5.74, 6) is 1.94. The normalized spacial score (nSPS) is 39.2. The van der Waals surface area contributed by atoms with Crippen molar-refractivity contribution >= 4 is 11.8 Å². The van der Waals surface area contributed by atoms with Gasteiger partial charge in [-0.15, -0.1) is 0 Å². The minimum atomic E-state index is 0.829. The monoisotopic (exact) mass is 255 g/mol. The maximum atomic E-state index is 3.85. The van der Waals surface area contributed by atoms with E-state index in [-0.39, 0.29) is 0 Å². The van der Waals surface area contributed by atoms with Gasteiger partial charge in [0.05, 0.1) is 0 Å². The highest BCUT2D eigenvalue weighted by molar-refractivity contribution is 7.99. The van der Waals surface area contributed by atoms with Gasteiger partial charge < -0.3 is 5.32 Å². The van der Waals surface area contributed by atoms with Gasteiger partial charge in [0, 0.05) is 11.3 Å². The molecule has 0 amide bonds. The van der Waals surface area contributed by atoms with Gasteiger partial charge in [0.1, 0.15) is 0 Å². The Morgan fingerprint density at radius 3 is 2.47 bits per heavy atom. The Bertz CT molecular complexity index is 211. The maximum Gasteiger partial charge on any atom is 0.00679 e. The Hall–Kier alpha value is 0.310. The van der Waals surface area contributed by atoms with E-state index in [1.54, 1.807) is 0 Å². The first kappa shape index (κ1) is 13.7. The quantitative estimate of drug-likeness (QED) is 0.812. The van der Waals surface area contributed by atoms with Crippen LogP contribution in [0.4, 0.5) is 0 Å². The molecule has 2 aliphatic carbocycles. The van der Waals surface area contributed by atoms with Crippen LogP contribution in [0.5, 0.6) is 0 Å². The Labute approximate surface area is 112 Å². The van der Waals surface area contributed by atoms with E-state index in [9.17, 15) is 0 Å². The third-order valence-corrected chi connectivity index (χ3v) is 5.89. The molecule has 2 fully saturated rings. The van der Waals surface area contributed by atoms with Gasteiger partial charge in [-0.3, -0.25) is 0 Å². The van der Waals surface area contributed by atoms with Crippen LogP contribution in [0.25, 0.3) is 0 Å². The SMILES string of the molecule is CSC1CCC(NCC2CCCC(C)C2)CC1. The van der Waals surface area contributed by atoms with E-state index in [1.807, 2.05) is 0 Å². The predicted octanol–water partition coefficient (Wildman–Crippen LogP) is 4.08. The van der Waals surface area contributed by atoms with Gasteiger partial charge in [0.15, 0.2) is 0 Å². The van der Waals surface area contributed by atoms with Crippen molar-refractivity contribution in [1.82, 2.24) is 5.32 Å². The highest BCUT2D eigenvalue weighted by Gasteiger charge is 2.23. The van der Waals surface area contributed by atoms with Crippen molar-refractivity contribution in [2.24, 2.45) is 11.8 Å².